The maximum atomic E-state index is 5.59. The summed E-state index contributed by atoms with van der Waals surface area (Å²) in [6.45, 7) is 2.97. The number of rotatable bonds is 7. The van der Waals surface area contributed by atoms with Gasteiger partial charge in [-0.1, -0.05) is 12.8 Å². The van der Waals surface area contributed by atoms with Crippen LogP contribution in [0.2, 0.25) is 0 Å². The van der Waals surface area contributed by atoms with Gasteiger partial charge in [0.05, 0.1) is 6.61 Å². The number of ether oxygens (including phenoxy) is 1. The summed E-state index contributed by atoms with van der Waals surface area (Å²) in [5.41, 5.74) is 0. The largest absolute Gasteiger partial charge is 0.380 e. The molecule has 0 bridgehead atoms. The molecule has 1 N–H and O–H groups in total. The minimum atomic E-state index is 0.619. The summed E-state index contributed by atoms with van der Waals surface area (Å²) in [4.78, 5) is 0. The van der Waals surface area contributed by atoms with Gasteiger partial charge in [0.15, 0.2) is 0 Å². The van der Waals surface area contributed by atoms with Crippen LogP contribution in [-0.2, 0) is 4.74 Å². The molecule has 2 nitrogen and oxygen atoms in total. The van der Waals surface area contributed by atoms with Crippen LogP contribution in [0, 0.1) is 0 Å². The fourth-order valence-electron chi connectivity index (χ4n) is 1.57. The molecule has 3 heteroatoms. The van der Waals surface area contributed by atoms with Gasteiger partial charge in [0.1, 0.15) is 0 Å². The number of nitrogens with one attached hydrogen (secondary N) is 1. The first-order valence-electron chi connectivity index (χ1n) is 5.30. The van der Waals surface area contributed by atoms with Crippen molar-refractivity contribution >= 4 is 11.6 Å². The average Bonchev–Trinajstić information content (AvgIpc) is 2.63. The van der Waals surface area contributed by atoms with E-state index in [1.807, 2.05) is 0 Å². The normalized spacial score (nSPS) is 22.4. The second-order valence-corrected chi connectivity index (χ2v) is 4.00. The van der Waals surface area contributed by atoms with Gasteiger partial charge in [-0.2, -0.15) is 0 Å². The van der Waals surface area contributed by atoms with E-state index in [0.717, 1.165) is 32.1 Å². The highest BCUT2D eigenvalue weighted by Gasteiger charge is 2.13. The molecule has 0 aromatic heterocycles. The molecule has 0 spiro atoms. The maximum absolute atomic E-state index is 5.59. The highest BCUT2D eigenvalue weighted by atomic mass is 35.5. The highest BCUT2D eigenvalue weighted by Crippen LogP contribution is 2.04. The van der Waals surface area contributed by atoms with Crippen molar-refractivity contribution in [2.45, 2.75) is 38.1 Å². The second-order valence-electron chi connectivity index (χ2n) is 3.62. The van der Waals surface area contributed by atoms with Gasteiger partial charge in [-0.05, 0) is 25.8 Å². The molecule has 1 atom stereocenters. The second kappa shape index (κ2) is 7.60. The van der Waals surface area contributed by atoms with Crippen molar-refractivity contribution in [1.82, 2.24) is 5.32 Å². The van der Waals surface area contributed by atoms with Crippen LogP contribution in [-0.4, -0.2) is 31.7 Å². The first-order valence-corrected chi connectivity index (χ1v) is 5.84. The lowest BCUT2D eigenvalue weighted by molar-refractivity contribution is 0.190. The summed E-state index contributed by atoms with van der Waals surface area (Å²) in [7, 11) is 0. The lowest BCUT2D eigenvalue weighted by atomic mass is 10.2. The average molecular weight is 206 g/mol. The Labute approximate surface area is 86.0 Å². The van der Waals surface area contributed by atoms with E-state index in [-0.39, 0.29) is 0 Å². The Kier molecular flexibility index (Phi) is 6.60. The van der Waals surface area contributed by atoms with E-state index in [0.29, 0.717) is 6.04 Å². The summed E-state index contributed by atoms with van der Waals surface area (Å²) in [5.74, 6) is 0.809. The van der Waals surface area contributed by atoms with Crippen molar-refractivity contribution in [3.8, 4) is 0 Å². The van der Waals surface area contributed by atoms with Crippen LogP contribution in [0.1, 0.15) is 32.1 Å². The molecule has 0 radical (unpaired) electrons. The monoisotopic (exact) mass is 205 g/mol. The Morgan fingerprint density at radius 1 is 1.23 bits per heavy atom. The quantitative estimate of drug-likeness (QED) is 0.508. The number of hydrogen-bond donors (Lipinski definition) is 1. The van der Waals surface area contributed by atoms with E-state index >= 15 is 0 Å². The zero-order valence-electron chi connectivity index (χ0n) is 8.23. The summed E-state index contributed by atoms with van der Waals surface area (Å²) in [5, 5.41) is 3.50. The summed E-state index contributed by atoms with van der Waals surface area (Å²) in [6.07, 6.45) is 6.18. The predicted molar refractivity (Wildman–Crippen MR) is 56.4 cm³/mol. The zero-order valence-corrected chi connectivity index (χ0v) is 8.98. The van der Waals surface area contributed by atoms with E-state index in [1.165, 1.54) is 25.7 Å². The van der Waals surface area contributed by atoms with Gasteiger partial charge < -0.3 is 10.1 Å². The molecule has 1 unspecified atom stereocenters. The minimum Gasteiger partial charge on any atom is -0.380 e. The zero-order chi connectivity index (χ0) is 9.36. The predicted octanol–water partition coefficient (Wildman–Crippen LogP) is 2.16. The molecule has 0 aliphatic carbocycles. The number of hydrogen-bond acceptors (Lipinski definition) is 2. The van der Waals surface area contributed by atoms with Crippen LogP contribution >= 0.6 is 11.6 Å². The summed E-state index contributed by atoms with van der Waals surface area (Å²) < 4.78 is 5.27. The Bertz CT molecular complexity index is 115. The van der Waals surface area contributed by atoms with Gasteiger partial charge in [-0.25, -0.2) is 0 Å². The van der Waals surface area contributed by atoms with Gasteiger partial charge in [-0.3, -0.25) is 0 Å². The third kappa shape index (κ3) is 5.50. The molecule has 0 amide bonds. The maximum Gasteiger partial charge on any atom is 0.0620 e. The number of alkyl halides is 1. The molecule has 78 valence electrons. The van der Waals surface area contributed by atoms with Gasteiger partial charge >= 0.3 is 0 Å². The molecule has 1 saturated heterocycles. The van der Waals surface area contributed by atoms with Gasteiger partial charge in [0.25, 0.3) is 0 Å². The first-order chi connectivity index (χ1) is 6.43. The standard InChI is InChI=1S/C10H20ClNO/c11-6-3-1-2-4-7-12-10-5-8-13-9-10/h10,12H,1-9H2. The number of unbranched alkanes of at least 4 members (excludes halogenated alkanes) is 3. The van der Waals surface area contributed by atoms with E-state index < -0.39 is 0 Å². The van der Waals surface area contributed by atoms with Crippen LogP contribution in [0.4, 0.5) is 0 Å². The fraction of sp³-hybridized carbons (Fsp3) is 1.00. The van der Waals surface area contributed by atoms with Crippen LogP contribution < -0.4 is 5.32 Å². The van der Waals surface area contributed by atoms with Crippen molar-refractivity contribution in [3.05, 3.63) is 0 Å². The van der Waals surface area contributed by atoms with Crippen LogP contribution in [0.25, 0.3) is 0 Å². The van der Waals surface area contributed by atoms with Gasteiger partial charge in [0.2, 0.25) is 0 Å². The molecule has 0 aromatic carbocycles. The van der Waals surface area contributed by atoms with E-state index in [2.05, 4.69) is 5.32 Å². The van der Waals surface area contributed by atoms with Crippen LogP contribution in [0.15, 0.2) is 0 Å². The molecule has 1 heterocycles. The lowest BCUT2D eigenvalue weighted by Gasteiger charge is -2.09. The molecule has 1 aliphatic heterocycles. The third-order valence-corrected chi connectivity index (χ3v) is 2.69. The highest BCUT2D eigenvalue weighted by molar-refractivity contribution is 6.17. The Hall–Kier alpha value is 0.210. The van der Waals surface area contributed by atoms with Crippen LogP contribution in [0.3, 0.4) is 0 Å². The van der Waals surface area contributed by atoms with Crippen molar-refractivity contribution in [1.29, 1.82) is 0 Å². The summed E-state index contributed by atoms with van der Waals surface area (Å²) >= 11 is 5.59. The smallest absolute Gasteiger partial charge is 0.0620 e. The molecule has 1 rings (SSSR count). The van der Waals surface area contributed by atoms with Crippen molar-refractivity contribution < 1.29 is 4.74 Å². The Morgan fingerprint density at radius 2 is 2.08 bits per heavy atom. The molecule has 0 saturated carbocycles. The molecule has 0 aromatic rings. The van der Waals surface area contributed by atoms with E-state index in [4.69, 9.17) is 16.3 Å². The minimum absolute atomic E-state index is 0.619. The first kappa shape index (κ1) is 11.3. The lowest BCUT2D eigenvalue weighted by Crippen LogP contribution is -2.29. The topological polar surface area (TPSA) is 21.3 Å². The van der Waals surface area contributed by atoms with Gasteiger partial charge in [0, 0.05) is 18.5 Å². The van der Waals surface area contributed by atoms with Crippen molar-refractivity contribution in [2.75, 3.05) is 25.6 Å². The molecule has 1 aliphatic rings. The van der Waals surface area contributed by atoms with E-state index in [1.54, 1.807) is 0 Å². The van der Waals surface area contributed by atoms with Crippen molar-refractivity contribution in [2.24, 2.45) is 0 Å². The number of halogens is 1. The Balaban J connectivity index is 1.78. The van der Waals surface area contributed by atoms with Crippen LogP contribution in [0.5, 0.6) is 0 Å². The SMILES string of the molecule is ClCCCCCCNC1CCOC1. The molecular weight excluding hydrogens is 186 g/mol. The fourth-order valence-corrected chi connectivity index (χ4v) is 1.76. The van der Waals surface area contributed by atoms with E-state index in [9.17, 15) is 0 Å². The Morgan fingerprint density at radius 3 is 2.77 bits per heavy atom. The molecular formula is C10H20ClNO. The molecule has 13 heavy (non-hydrogen) atoms. The van der Waals surface area contributed by atoms with Gasteiger partial charge in [-0.15, -0.1) is 11.6 Å². The molecule has 1 fully saturated rings. The summed E-state index contributed by atoms with van der Waals surface area (Å²) in [6, 6.07) is 0.619. The third-order valence-electron chi connectivity index (χ3n) is 2.42. The van der Waals surface area contributed by atoms with Crippen molar-refractivity contribution in [3.63, 3.8) is 0 Å².